The molecule has 0 aromatic heterocycles. The second-order valence-corrected chi connectivity index (χ2v) is 5.67. The lowest BCUT2D eigenvalue weighted by Crippen LogP contribution is -2.29. The minimum atomic E-state index is -0.739. The van der Waals surface area contributed by atoms with Gasteiger partial charge >= 0.3 is 5.97 Å². The largest absolute Gasteiger partial charge is 0.480 e. The van der Waals surface area contributed by atoms with Crippen molar-refractivity contribution < 1.29 is 9.90 Å². The Morgan fingerprint density at radius 2 is 1.71 bits per heavy atom. The number of carboxylic acids is 1. The van der Waals surface area contributed by atoms with Crippen LogP contribution in [0.15, 0.2) is 54.6 Å². The van der Waals surface area contributed by atoms with E-state index in [0.29, 0.717) is 5.92 Å². The van der Waals surface area contributed by atoms with Gasteiger partial charge in [0, 0.05) is 0 Å². The molecule has 0 radical (unpaired) electrons. The molecule has 0 spiro atoms. The molecule has 2 aromatic rings. The number of carboxylic acid groups (broad SMARTS) is 1. The summed E-state index contributed by atoms with van der Waals surface area (Å²) in [6.45, 7) is 0.789. The molecule has 2 N–H and O–H groups in total. The molecule has 0 unspecified atom stereocenters. The third kappa shape index (κ3) is 3.31. The van der Waals surface area contributed by atoms with Gasteiger partial charge in [0.05, 0.1) is 0 Å². The van der Waals surface area contributed by atoms with Gasteiger partial charge in [-0.05, 0) is 42.0 Å². The van der Waals surface area contributed by atoms with Gasteiger partial charge in [-0.3, -0.25) is 4.79 Å². The lowest BCUT2D eigenvalue weighted by atomic mass is 9.95. The lowest BCUT2D eigenvalue weighted by Gasteiger charge is -2.09. The fraction of sp³-hybridized carbons (Fsp3) is 0.278. The Morgan fingerprint density at radius 3 is 2.33 bits per heavy atom. The molecule has 108 valence electrons. The SMILES string of the molecule is O=C(O)[C@H]1C[C@H](Cc2ccc(-c3ccccc3)cc2)CN1. The quantitative estimate of drug-likeness (QED) is 0.906. The molecular weight excluding hydrogens is 262 g/mol. The molecule has 0 bridgehead atoms. The number of aliphatic carboxylic acids is 1. The molecule has 2 aromatic carbocycles. The Kier molecular flexibility index (Phi) is 4.02. The summed E-state index contributed by atoms with van der Waals surface area (Å²) in [6.07, 6.45) is 1.65. The van der Waals surface area contributed by atoms with Crippen LogP contribution in [-0.2, 0) is 11.2 Å². The van der Waals surface area contributed by atoms with Crippen molar-refractivity contribution in [2.24, 2.45) is 5.92 Å². The zero-order chi connectivity index (χ0) is 14.7. The minimum Gasteiger partial charge on any atom is -0.480 e. The van der Waals surface area contributed by atoms with Gasteiger partial charge in [0.2, 0.25) is 0 Å². The van der Waals surface area contributed by atoms with E-state index in [-0.39, 0.29) is 6.04 Å². The summed E-state index contributed by atoms with van der Waals surface area (Å²) in [5, 5.41) is 12.1. The van der Waals surface area contributed by atoms with Gasteiger partial charge in [-0.1, -0.05) is 54.6 Å². The first kappa shape index (κ1) is 13.8. The zero-order valence-corrected chi connectivity index (χ0v) is 11.8. The third-order valence-corrected chi connectivity index (χ3v) is 4.11. The summed E-state index contributed by atoms with van der Waals surface area (Å²) < 4.78 is 0. The van der Waals surface area contributed by atoms with E-state index >= 15 is 0 Å². The van der Waals surface area contributed by atoms with Crippen LogP contribution in [0.3, 0.4) is 0 Å². The Balaban J connectivity index is 1.64. The first-order valence-corrected chi connectivity index (χ1v) is 7.33. The van der Waals surface area contributed by atoms with Gasteiger partial charge in [-0.2, -0.15) is 0 Å². The highest BCUT2D eigenvalue weighted by Gasteiger charge is 2.28. The average molecular weight is 281 g/mol. The predicted octanol–water partition coefficient (Wildman–Crippen LogP) is 2.96. The molecule has 0 saturated carbocycles. The van der Waals surface area contributed by atoms with Gasteiger partial charge in [0.1, 0.15) is 6.04 Å². The Morgan fingerprint density at radius 1 is 1.05 bits per heavy atom. The Hall–Kier alpha value is -2.13. The molecule has 1 aliphatic rings. The molecule has 1 saturated heterocycles. The second-order valence-electron chi connectivity index (χ2n) is 5.67. The van der Waals surface area contributed by atoms with Crippen molar-refractivity contribution in [2.75, 3.05) is 6.54 Å². The number of benzene rings is 2. The van der Waals surface area contributed by atoms with E-state index in [0.717, 1.165) is 19.4 Å². The van der Waals surface area contributed by atoms with Crippen molar-refractivity contribution in [3.8, 4) is 11.1 Å². The highest BCUT2D eigenvalue weighted by molar-refractivity contribution is 5.73. The van der Waals surface area contributed by atoms with Crippen LogP contribution in [-0.4, -0.2) is 23.7 Å². The second kappa shape index (κ2) is 6.10. The number of carbonyl (C=O) groups is 1. The topological polar surface area (TPSA) is 49.3 Å². The van der Waals surface area contributed by atoms with Crippen LogP contribution >= 0.6 is 0 Å². The molecule has 1 aliphatic heterocycles. The van der Waals surface area contributed by atoms with Crippen molar-refractivity contribution in [3.63, 3.8) is 0 Å². The van der Waals surface area contributed by atoms with Gasteiger partial charge in [-0.15, -0.1) is 0 Å². The van der Waals surface area contributed by atoms with Gasteiger partial charge in [0.25, 0.3) is 0 Å². The van der Waals surface area contributed by atoms with Gasteiger partial charge in [0.15, 0.2) is 0 Å². The van der Waals surface area contributed by atoms with E-state index in [1.807, 2.05) is 18.2 Å². The first-order chi connectivity index (χ1) is 10.2. The maximum absolute atomic E-state index is 10.9. The Bertz CT molecular complexity index is 607. The first-order valence-electron chi connectivity index (χ1n) is 7.33. The smallest absolute Gasteiger partial charge is 0.320 e. The Labute approximate surface area is 124 Å². The number of nitrogens with one attached hydrogen (secondary N) is 1. The van der Waals surface area contributed by atoms with Crippen LogP contribution < -0.4 is 5.32 Å². The van der Waals surface area contributed by atoms with Crippen molar-refractivity contribution in [2.45, 2.75) is 18.9 Å². The van der Waals surface area contributed by atoms with Gasteiger partial charge < -0.3 is 10.4 Å². The van der Waals surface area contributed by atoms with Gasteiger partial charge in [-0.25, -0.2) is 0 Å². The van der Waals surface area contributed by atoms with Crippen LogP contribution in [0.4, 0.5) is 0 Å². The number of hydrogen-bond acceptors (Lipinski definition) is 2. The summed E-state index contributed by atoms with van der Waals surface area (Å²) in [5.74, 6) is -0.328. The molecule has 2 atom stereocenters. The number of rotatable bonds is 4. The normalized spacial score (nSPS) is 21.3. The van der Waals surface area contributed by atoms with E-state index in [1.165, 1.54) is 16.7 Å². The van der Waals surface area contributed by atoms with E-state index < -0.39 is 5.97 Å². The fourth-order valence-corrected chi connectivity index (χ4v) is 2.95. The van der Waals surface area contributed by atoms with Crippen LogP contribution in [0.5, 0.6) is 0 Å². The standard InChI is InChI=1S/C18H19NO2/c20-18(21)17-11-14(12-19-17)10-13-6-8-16(9-7-13)15-4-2-1-3-5-15/h1-9,14,17,19H,10-12H2,(H,20,21)/t14-,17+/m0/s1. The molecule has 3 nitrogen and oxygen atoms in total. The summed E-state index contributed by atoms with van der Waals surface area (Å²) in [5.41, 5.74) is 3.71. The summed E-state index contributed by atoms with van der Waals surface area (Å²) in [7, 11) is 0. The van der Waals surface area contributed by atoms with Crippen molar-refractivity contribution in [3.05, 3.63) is 60.2 Å². The summed E-state index contributed by atoms with van der Waals surface area (Å²) in [6, 6.07) is 18.5. The van der Waals surface area contributed by atoms with Crippen molar-refractivity contribution in [1.82, 2.24) is 5.32 Å². The highest BCUT2D eigenvalue weighted by Crippen LogP contribution is 2.23. The highest BCUT2D eigenvalue weighted by atomic mass is 16.4. The van der Waals surface area contributed by atoms with Crippen molar-refractivity contribution in [1.29, 1.82) is 0 Å². The van der Waals surface area contributed by atoms with Crippen LogP contribution in [0.2, 0.25) is 0 Å². The lowest BCUT2D eigenvalue weighted by molar-refractivity contribution is -0.139. The van der Waals surface area contributed by atoms with E-state index in [1.54, 1.807) is 0 Å². The maximum atomic E-state index is 10.9. The van der Waals surface area contributed by atoms with E-state index in [4.69, 9.17) is 5.11 Å². The predicted molar refractivity (Wildman–Crippen MR) is 83.1 cm³/mol. The molecule has 0 aliphatic carbocycles. The zero-order valence-electron chi connectivity index (χ0n) is 11.8. The molecule has 1 heterocycles. The van der Waals surface area contributed by atoms with Crippen LogP contribution in [0, 0.1) is 5.92 Å². The van der Waals surface area contributed by atoms with Crippen LogP contribution in [0.25, 0.3) is 11.1 Å². The summed E-state index contributed by atoms with van der Waals surface area (Å²) >= 11 is 0. The number of hydrogen-bond donors (Lipinski definition) is 2. The van der Waals surface area contributed by atoms with E-state index in [2.05, 4.69) is 41.7 Å². The molecule has 0 amide bonds. The van der Waals surface area contributed by atoms with Crippen molar-refractivity contribution >= 4 is 5.97 Å². The molecule has 3 rings (SSSR count). The fourth-order valence-electron chi connectivity index (χ4n) is 2.95. The summed E-state index contributed by atoms with van der Waals surface area (Å²) in [4.78, 5) is 10.9. The molecule has 1 fully saturated rings. The van der Waals surface area contributed by atoms with Crippen LogP contribution in [0.1, 0.15) is 12.0 Å². The molecule has 21 heavy (non-hydrogen) atoms. The minimum absolute atomic E-state index is 0.376. The molecular formula is C18H19NO2. The maximum Gasteiger partial charge on any atom is 0.320 e. The average Bonchev–Trinajstić information content (AvgIpc) is 2.98. The monoisotopic (exact) mass is 281 g/mol. The van der Waals surface area contributed by atoms with E-state index in [9.17, 15) is 4.79 Å². The third-order valence-electron chi connectivity index (χ3n) is 4.11. The molecule has 3 heteroatoms.